The number of amides is 3. The summed E-state index contributed by atoms with van der Waals surface area (Å²) >= 11 is 0. The van der Waals surface area contributed by atoms with Crippen LogP contribution in [0.1, 0.15) is 25.0 Å². The number of hydrazine groups is 1. The third kappa shape index (κ3) is 7.28. The van der Waals surface area contributed by atoms with E-state index in [1.165, 1.54) is 0 Å². The number of carbonyl (C=O) groups is 3. The molecule has 8 heteroatoms. The van der Waals surface area contributed by atoms with Crippen molar-refractivity contribution in [2.24, 2.45) is 5.92 Å². The van der Waals surface area contributed by atoms with Gasteiger partial charge in [-0.2, -0.15) is 5.26 Å². The Bertz CT molecular complexity index is 905. The Morgan fingerprint density at radius 1 is 0.967 bits per heavy atom. The third-order valence-corrected chi connectivity index (χ3v) is 4.15. The molecular formula is C22H24N4O4. The highest BCUT2D eigenvalue weighted by atomic mass is 16.5. The van der Waals surface area contributed by atoms with Crippen LogP contribution in [0.25, 0.3) is 0 Å². The Balaban J connectivity index is 1.80. The van der Waals surface area contributed by atoms with Crippen molar-refractivity contribution in [2.45, 2.75) is 26.3 Å². The van der Waals surface area contributed by atoms with Crippen LogP contribution in [0.5, 0.6) is 5.75 Å². The van der Waals surface area contributed by atoms with Gasteiger partial charge < -0.3 is 10.1 Å². The molecule has 1 atom stereocenters. The Morgan fingerprint density at radius 3 is 2.23 bits per heavy atom. The van der Waals surface area contributed by atoms with E-state index in [1.54, 1.807) is 38.1 Å². The highest BCUT2D eigenvalue weighted by molar-refractivity contribution is 5.90. The van der Waals surface area contributed by atoms with E-state index in [-0.39, 0.29) is 24.9 Å². The van der Waals surface area contributed by atoms with Gasteiger partial charge in [-0.05, 0) is 35.7 Å². The summed E-state index contributed by atoms with van der Waals surface area (Å²) in [5, 5.41) is 11.5. The van der Waals surface area contributed by atoms with Crippen molar-refractivity contribution in [1.29, 1.82) is 5.26 Å². The molecule has 0 spiro atoms. The number of nitrogens with zero attached hydrogens (tertiary/aromatic N) is 1. The summed E-state index contributed by atoms with van der Waals surface area (Å²) in [6, 6.07) is 16.7. The van der Waals surface area contributed by atoms with Crippen LogP contribution in [0.2, 0.25) is 0 Å². The number of carbonyl (C=O) groups excluding carboxylic acids is 3. The molecule has 3 amide bonds. The van der Waals surface area contributed by atoms with E-state index in [9.17, 15) is 14.4 Å². The quantitative estimate of drug-likeness (QED) is 0.571. The van der Waals surface area contributed by atoms with Crippen molar-refractivity contribution in [1.82, 2.24) is 16.2 Å². The van der Waals surface area contributed by atoms with E-state index < -0.39 is 17.9 Å². The summed E-state index contributed by atoms with van der Waals surface area (Å²) < 4.78 is 5.30. The number of hydrogen-bond donors (Lipinski definition) is 3. The van der Waals surface area contributed by atoms with Gasteiger partial charge in [-0.1, -0.05) is 44.2 Å². The molecule has 156 valence electrons. The Kier molecular flexibility index (Phi) is 8.39. The van der Waals surface area contributed by atoms with Crippen LogP contribution in [-0.2, 0) is 20.8 Å². The molecular weight excluding hydrogens is 384 g/mol. The summed E-state index contributed by atoms with van der Waals surface area (Å²) in [5.74, 6) is -1.14. The molecule has 8 nitrogen and oxygen atoms in total. The monoisotopic (exact) mass is 408 g/mol. The molecule has 2 rings (SSSR count). The molecule has 0 radical (unpaired) electrons. The normalized spacial score (nSPS) is 11.1. The first-order valence-corrected chi connectivity index (χ1v) is 9.44. The highest BCUT2D eigenvalue weighted by Gasteiger charge is 2.24. The van der Waals surface area contributed by atoms with Gasteiger partial charge in [-0.3, -0.25) is 25.2 Å². The Hall–Kier alpha value is -3.86. The summed E-state index contributed by atoms with van der Waals surface area (Å²) in [6.07, 6.45) is 0.155. The molecule has 0 aromatic heterocycles. The zero-order valence-electron chi connectivity index (χ0n) is 16.8. The van der Waals surface area contributed by atoms with Crippen LogP contribution in [0.3, 0.4) is 0 Å². The maximum Gasteiger partial charge on any atom is 0.276 e. The molecule has 30 heavy (non-hydrogen) atoms. The molecule has 0 aliphatic carbocycles. The number of rotatable bonds is 8. The summed E-state index contributed by atoms with van der Waals surface area (Å²) in [7, 11) is 0. The molecule has 0 aliphatic rings. The van der Waals surface area contributed by atoms with E-state index >= 15 is 0 Å². The average molecular weight is 408 g/mol. The van der Waals surface area contributed by atoms with Crippen molar-refractivity contribution in [3.05, 3.63) is 65.7 Å². The maximum absolute atomic E-state index is 12.4. The van der Waals surface area contributed by atoms with Crippen molar-refractivity contribution in [2.75, 3.05) is 6.61 Å². The second-order valence-electron chi connectivity index (χ2n) is 6.91. The number of nitrogens with one attached hydrogen (secondary N) is 3. The average Bonchev–Trinajstić information content (AvgIpc) is 2.75. The van der Waals surface area contributed by atoms with Crippen LogP contribution >= 0.6 is 0 Å². The minimum Gasteiger partial charge on any atom is -0.484 e. The van der Waals surface area contributed by atoms with E-state index in [2.05, 4.69) is 16.2 Å². The molecule has 3 N–H and O–H groups in total. The molecule has 2 aromatic rings. The smallest absolute Gasteiger partial charge is 0.276 e. The van der Waals surface area contributed by atoms with Gasteiger partial charge in [0.25, 0.3) is 11.8 Å². The van der Waals surface area contributed by atoms with E-state index in [0.717, 1.165) is 5.56 Å². The summed E-state index contributed by atoms with van der Waals surface area (Å²) in [6.45, 7) is 3.27. The number of ether oxygens (including phenoxy) is 1. The lowest BCUT2D eigenvalue weighted by Gasteiger charge is -2.22. The van der Waals surface area contributed by atoms with Gasteiger partial charge in [0, 0.05) is 0 Å². The number of nitriles is 1. The summed E-state index contributed by atoms with van der Waals surface area (Å²) in [4.78, 5) is 36.6. The Morgan fingerprint density at radius 2 is 1.63 bits per heavy atom. The Labute approximate surface area is 175 Å². The van der Waals surface area contributed by atoms with Gasteiger partial charge in [0.15, 0.2) is 6.61 Å². The predicted molar refractivity (Wildman–Crippen MR) is 110 cm³/mol. The van der Waals surface area contributed by atoms with Crippen molar-refractivity contribution in [3.8, 4) is 11.8 Å². The van der Waals surface area contributed by atoms with Gasteiger partial charge in [0.1, 0.15) is 11.8 Å². The lowest BCUT2D eigenvalue weighted by atomic mass is 10.0. The molecule has 0 bridgehead atoms. The first-order valence-electron chi connectivity index (χ1n) is 9.44. The van der Waals surface area contributed by atoms with E-state index in [4.69, 9.17) is 10.00 Å². The van der Waals surface area contributed by atoms with Crippen LogP contribution in [0.4, 0.5) is 0 Å². The highest BCUT2D eigenvalue weighted by Crippen LogP contribution is 2.11. The summed E-state index contributed by atoms with van der Waals surface area (Å²) in [5.41, 5.74) is 5.90. The van der Waals surface area contributed by atoms with Gasteiger partial charge in [0.05, 0.1) is 18.1 Å². The molecule has 0 saturated carbocycles. The van der Waals surface area contributed by atoms with Gasteiger partial charge in [0.2, 0.25) is 5.91 Å². The van der Waals surface area contributed by atoms with Crippen molar-refractivity contribution >= 4 is 17.7 Å². The van der Waals surface area contributed by atoms with Crippen molar-refractivity contribution < 1.29 is 19.1 Å². The SMILES string of the molecule is CC(C)[C@H](NC(=O)Cc1ccccc1)C(=O)NNC(=O)COc1ccc(C#N)cc1. The van der Waals surface area contributed by atoms with Gasteiger partial charge >= 0.3 is 0 Å². The topological polar surface area (TPSA) is 120 Å². The number of benzene rings is 2. The van der Waals surface area contributed by atoms with Gasteiger partial charge in [-0.25, -0.2) is 0 Å². The fourth-order valence-corrected chi connectivity index (χ4v) is 2.56. The minimum atomic E-state index is -0.805. The first-order chi connectivity index (χ1) is 14.4. The molecule has 0 fully saturated rings. The second-order valence-corrected chi connectivity index (χ2v) is 6.91. The fraction of sp³-hybridized carbons (Fsp3) is 0.273. The number of hydrogen-bond acceptors (Lipinski definition) is 5. The largest absolute Gasteiger partial charge is 0.484 e. The maximum atomic E-state index is 12.4. The van der Waals surface area contributed by atoms with Crippen LogP contribution in [0, 0.1) is 17.2 Å². The predicted octanol–water partition coefficient (Wildman–Crippen LogP) is 1.47. The van der Waals surface area contributed by atoms with E-state index in [0.29, 0.717) is 11.3 Å². The molecule has 0 aliphatic heterocycles. The minimum absolute atomic E-state index is 0.155. The molecule has 0 saturated heterocycles. The van der Waals surface area contributed by atoms with Crippen LogP contribution in [-0.4, -0.2) is 30.4 Å². The van der Waals surface area contributed by atoms with Crippen LogP contribution < -0.4 is 20.9 Å². The third-order valence-electron chi connectivity index (χ3n) is 4.15. The first kappa shape index (κ1) is 22.4. The molecule has 0 unspecified atom stereocenters. The lowest BCUT2D eigenvalue weighted by molar-refractivity contribution is -0.133. The molecule has 2 aromatic carbocycles. The molecule has 0 heterocycles. The van der Waals surface area contributed by atoms with Crippen molar-refractivity contribution in [3.63, 3.8) is 0 Å². The van der Waals surface area contributed by atoms with Crippen LogP contribution in [0.15, 0.2) is 54.6 Å². The lowest BCUT2D eigenvalue weighted by Crippen LogP contribution is -2.55. The fourth-order valence-electron chi connectivity index (χ4n) is 2.56. The second kappa shape index (κ2) is 11.2. The standard InChI is InChI=1S/C22H24N4O4/c1-15(2)21(24-19(27)12-16-6-4-3-5-7-16)22(29)26-25-20(28)14-30-18-10-8-17(13-23)9-11-18/h3-11,15,21H,12,14H2,1-2H3,(H,24,27)(H,25,28)(H,26,29)/t21-/m0/s1. The zero-order chi connectivity index (χ0) is 21.9. The zero-order valence-corrected chi connectivity index (χ0v) is 16.8. The van der Waals surface area contributed by atoms with Gasteiger partial charge in [-0.15, -0.1) is 0 Å². The van der Waals surface area contributed by atoms with E-state index in [1.807, 2.05) is 36.4 Å².